The highest BCUT2D eigenvalue weighted by Crippen LogP contribution is 2.33. The Morgan fingerprint density at radius 3 is 2.34 bits per heavy atom. The SMILES string of the molecule is C=CCCC1CCC(C(=O)Oc2cc(F)c(C#Cc3ccc(CCC)cc3)c(F)c2)CC1. The van der Waals surface area contributed by atoms with E-state index in [0.717, 1.165) is 63.5 Å². The summed E-state index contributed by atoms with van der Waals surface area (Å²) in [4.78, 5) is 12.5. The van der Waals surface area contributed by atoms with Gasteiger partial charge in [0.25, 0.3) is 0 Å². The van der Waals surface area contributed by atoms with Crippen molar-refractivity contribution in [2.24, 2.45) is 11.8 Å². The topological polar surface area (TPSA) is 26.3 Å². The first-order chi connectivity index (χ1) is 15.5. The molecular formula is C28H30F2O2. The van der Waals surface area contributed by atoms with Crippen LogP contribution in [0.1, 0.15) is 68.6 Å². The molecule has 32 heavy (non-hydrogen) atoms. The summed E-state index contributed by atoms with van der Waals surface area (Å²) in [5.41, 5.74) is 1.56. The van der Waals surface area contributed by atoms with Crippen molar-refractivity contribution in [3.63, 3.8) is 0 Å². The quantitative estimate of drug-likeness (QED) is 0.202. The van der Waals surface area contributed by atoms with E-state index in [-0.39, 0.29) is 17.2 Å². The van der Waals surface area contributed by atoms with Crippen LogP contribution in [-0.4, -0.2) is 5.97 Å². The number of aryl methyl sites for hydroxylation is 1. The standard InChI is InChI=1S/C28H30F2O2/c1-3-5-7-21-12-15-23(16-13-21)28(31)32-24-18-26(29)25(27(30)19-24)17-14-22-10-8-20(6-4-2)9-11-22/h3,8-11,18-19,21,23H,1,4-7,12-13,15-16H2,2H3. The van der Waals surface area contributed by atoms with E-state index in [0.29, 0.717) is 11.5 Å². The number of halogens is 2. The molecule has 0 radical (unpaired) electrons. The van der Waals surface area contributed by atoms with E-state index in [1.54, 1.807) is 0 Å². The summed E-state index contributed by atoms with van der Waals surface area (Å²) in [6.45, 7) is 5.86. The van der Waals surface area contributed by atoms with Crippen LogP contribution in [0.25, 0.3) is 0 Å². The van der Waals surface area contributed by atoms with Crippen LogP contribution in [0.3, 0.4) is 0 Å². The van der Waals surface area contributed by atoms with Gasteiger partial charge in [-0.2, -0.15) is 0 Å². The van der Waals surface area contributed by atoms with Crippen LogP contribution >= 0.6 is 0 Å². The van der Waals surface area contributed by atoms with Crippen LogP contribution in [0.5, 0.6) is 5.75 Å². The Hall–Kier alpha value is -2.93. The summed E-state index contributed by atoms with van der Waals surface area (Å²) >= 11 is 0. The Labute approximate surface area is 189 Å². The van der Waals surface area contributed by atoms with E-state index < -0.39 is 17.6 Å². The van der Waals surface area contributed by atoms with E-state index in [1.165, 1.54) is 5.56 Å². The molecule has 1 aliphatic rings. The van der Waals surface area contributed by atoms with Crippen molar-refractivity contribution in [2.75, 3.05) is 0 Å². The predicted octanol–water partition coefficient (Wildman–Crippen LogP) is 7.00. The third-order valence-corrected chi connectivity index (χ3v) is 6.02. The van der Waals surface area contributed by atoms with Crippen molar-refractivity contribution >= 4 is 5.97 Å². The van der Waals surface area contributed by atoms with Crippen molar-refractivity contribution < 1.29 is 18.3 Å². The molecule has 0 atom stereocenters. The average molecular weight is 437 g/mol. The summed E-state index contributed by atoms with van der Waals surface area (Å²) in [5.74, 6) is 3.53. The van der Waals surface area contributed by atoms with Crippen molar-refractivity contribution in [1.29, 1.82) is 0 Å². The van der Waals surface area contributed by atoms with Gasteiger partial charge in [-0.25, -0.2) is 8.78 Å². The number of esters is 1. The van der Waals surface area contributed by atoms with Crippen molar-refractivity contribution in [2.45, 2.75) is 58.3 Å². The molecular weight excluding hydrogens is 406 g/mol. The Bertz CT molecular complexity index is 967. The minimum Gasteiger partial charge on any atom is -0.426 e. The largest absolute Gasteiger partial charge is 0.426 e. The molecule has 2 nitrogen and oxygen atoms in total. The molecule has 3 rings (SSSR count). The lowest BCUT2D eigenvalue weighted by molar-refractivity contribution is -0.140. The Kier molecular flexibility index (Phi) is 8.62. The highest BCUT2D eigenvalue weighted by Gasteiger charge is 2.27. The molecule has 1 fully saturated rings. The van der Waals surface area contributed by atoms with E-state index in [2.05, 4.69) is 25.3 Å². The van der Waals surface area contributed by atoms with Gasteiger partial charge in [-0.3, -0.25) is 4.79 Å². The number of ether oxygens (including phenoxy) is 1. The van der Waals surface area contributed by atoms with Crippen molar-refractivity contribution in [1.82, 2.24) is 0 Å². The molecule has 168 valence electrons. The Balaban J connectivity index is 1.62. The number of hydrogen-bond acceptors (Lipinski definition) is 2. The summed E-state index contributed by atoms with van der Waals surface area (Å²) in [6.07, 6.45) is 9.43. The molecule has 0 heterocycles. The molecule has 0 spiro atoms. The fourth-order valence-electron chi connectivity index (χ4n) is 4.15. The third kappa shape index (κ3) is 6.53. The first-order valence-electron chi connectivity index (χ1n) is 11.4. The number of carbonyl (C=O) groups is 1. The lowest BCUT2D eigenvalue weighted by Gasteiger charge is -2.26. The van der Waals surface area contributed by atoms with E-state index in [4.69, 9.17) is 4.74 Å². The van der Waals surface area contributed by atoms with Gasteiger partial charge in [0.2, 0.25) is 0 Å². The molecule has 0 saturated heterocycles. The zero-order valence-corrected chi connectivity index (χ0v) is 18.6. The van der Waals surface area contributed by atoms with Crippen LogP contribution in [0.4, 0.5) is 8.78 Å². The van der Waals surface area contributed by atoms with Gasteiger partial charge in [0, 0.05) is 17.7 Å². The maximum Gasteiger partial charge on any atom is 0.314 e. The molecule has 1 aliphatic carbocycles. The van der Waals surface area contributed by atoms with E-state index in [9.17, 15) is 13.6 Å². The maximum absolute atomic E-state index is 14.5. The predicted molar refractivity (Wildman–Crippen MR) is 123 cm³/mol. The highest BCUT2D eigenvalue weighted by atomic mass is 19.1. The minimum atomic E-state index is -0.837. The molecule has 1 saturated carbocycles. The number of carbonyl (C=O) groups excluding carboxylic acids is 1. The van der Waals surface area contributed by atoms with Crippen molar-refractivity contribution in [3.05, 3.63) is 77.4 Å². The first kappa shape index (κ1) is 23.7. The van der Waals surface area contributed by atoms with E-state index >= 15 is 0 Å². The first-order valence-corrected chi connectivity index (χ1v) is 11.4. The highest BCUT2D eigenvalue weighted by molar-refractivity contribution is 5.75. The van der Waals surface area contributed by atoms with Gasteiger partial charge in [0.05, 0.1) is 11.5 Å². The average Bonchev–Trinajstić information content (AvgIpc) is 2.78. The fraction of sp³-hybridized carbons (Fsp3) is 0.393. The van der Waals surface area contributed by atoms with Gasteiger partial charge in [0.1, 0.15) is 17.4 Å². The van der Waals surface area contributed by atoms with Crippen LogP contribution in [-0.2, 0) is 11.2 Å². The van der Waals surface area contributed by atoms with Gasteiger partial charge < -0.3 is 4.74 Å². The molecule has 0 aliphatic heterocycles. The minimum absolute atomic E-state index is 0.117. The van der Waals surface area contributed by atoms with Gasteiger partial charge in [-0.05, 0) is 68.6 Å². The zero-order chi connectivity index (χ0) is 22.9. The second-order valence-electron chi connectivity index (χ2n) is 8.46. The molecule has 2 aromatic rings. The smallest absolute Gasteiger partial charge is 0.314 e. The fourth-order valence-corrected chi connectivity index (χ4v) is 4.15. The molecule has 0 unspecified atom stereocenters. The van der Waals surface area contributed by atoms with Crippen LogP contribution in [0.2, 0.25) is 0 Å². The summed E-state index contributed by atoms with van der Waals surface area (Å²) < 4.78 is 34.3. The van der Waals surface area contributed by atoms with E-state index in [1.807, 2.05) is 30.3 Å². The van der Waals surface area contributed by atoms with Gasteiger partial charge >= 0.3 is 5.97 Å². The van der Waals surface area contributed by atoms with Gasteiger partial charge in [-0.1, -0.05) is 43.4 Å². The van der Waals surface area contributed by atoms with Gasteiger partial charge in [-0.15, -0.1) is 6.58 Å². The van der Waals surface area contributed by atoms with Crippen LogP contribution in [0.15, 0.2) is 49.1 Å². The Morgan fingerprint density at radius 1 is 1.09 bits per heavy atom. The summed E-state index contributed by atoms with van der Waals surface area (Å²) in [7, 11) is 0. The second-order valence-corrected chi connectivity index (χ2v) is 8.46. The molecule has 0 bridgehead atoms. The molecule has 4 heteroatoms. The number of allylic oxidation sites excluding steroid dienone is 1. The lowest BCUT2D eigenvalue weighted by atomic mass is 9.80. The van der Waals surface area contributed by atoms with Gasteiger partial charge in [0.15, 0.2) is 0 Å². The number of benzene rings is 2. The molecule has 2 aromatic carbocycles. The molecule has 0 N–H and O–H groups in total. The molecule has 0 aromatic heterocycles. The number of hydrogen-bond donors (Lipinski definition) is 0. The summed E-state index contributed by atoms with van der Waals surface area (Å²) in [5, 5.41) is 0. The van der Waals surface area contributed by atoms with Crippen LogP contribution < -0.4 is 4.74 Å². The normalized spacial score (nSPS) is 17.8. The maximum atomic E-state index is 14.5. The zero-order valence-electron chi connectivity index (χ0n) is 18.6. The Morgan fingerprint density at radius 2 is 1.75 bits per heavy atom. The van der Waals surface area contributed by atoms with Crippen molar-refractivity contribution in [3.8, 4) is 17.6 Å². The number of rotatable bonds is 7. The third-order valence-electron chi connectivity index (χ3n) is 6.02. The molecule has 0 amide bonds. The second kappa shape index (κ2) is 11.6. The monoisotopic (exact) mass is 436 g/mol. The summed E-state index contributed by atoms with van der Waals surface area (Å²) in [6, 6.07) is 9.69. The lowest BCUT2D eigenvalue weighted by Crippen LogP contribution is -2.25. The van der Waals surface area contributed by atoms with Crippen LogP contribution in [0, 0.1) is 35.3 Å².